The highest BCUT2D eigenvalue weighted by Crippen LogP contribution is 2.35. The van der Waals surface area contributed by atoms with E-state index in [4.69, 9.17) is 14.7 Å². The van der Waals surface area contributed by atoms with Crippen LogP contribution < -0.4 is 9.64 Å². The molecule has 0 aliphatic carbocycles. The number of thiophene rings is 1. The Morgan fingerprint density at radius 3 is 2.40 bits per heavy atom. The molecular formula is C28H30N4O2S. The van der Waals surface area contributed by atoms with Crippen molar-refractivity contribution in [3.63, 3.8) is 0 Å². The number of benzene rings is 2. The zero-order valence-electron chi connectivity index (χ0n) is 20.5. The van der Waals surface area contributed by atoms with E-state index in [9.17, 15) is 4.79 Å². The monoisotopic (exact) mass is 486 g/mol. The van der Waals surface area contributed by atoms with E-state index in [2.05, 4.69) is 43.0 Å². The fraction of sp³-hybridized carbons (Fsp3) is 0.321. The van der Waals surface area contributed by atoms with Crippen molar-refractivity contribution in [1.82, 2.24) is 14.9 Å². The van der Waals surface area contributed by atoms with Crippen LogP contribution in [0.25, 0.3) is 10.2 Å². The fourth-order valence-electron chi connectivity index (χ4n) is 4.63. The van der Waals surface area contributed by atoms with Crippen LogP contribution in [0.2, 0.25) is 0 Å². The summed E-state index contributed by atoms with van der Waals surface area (Å²) in [6, 6.07) is 17.9. The molecule has 35 heavy (non-hydrogen) atoms. The molecule has 1 fully saturated rings. The van der Waals surface area contributed by atoms with E-state index in [1.807, 2.05) is 35.2 Å². The number of para-hydroxylation sites is 1. The third-order valence-corrected chi connectivity index (χ3v) is 7.84. The topological polar surface area (TPSA) is 58.6 Å². The molecule has 7 heteroatoms. The Bertz CT molecular complexity index is 1340. The second-order valence-electron chi connectivity index (χ2n) is 8.89. The van der Waals surface area contributed by atoms with Gasteiger partial charge in [-0.1, -0.05) is 42.5 Å². The summed E-state index contributed by atoms with van der Waals surface area (Å²) < 4.78 is 5.41. The number of nitrogens with zero attached hydrogens (tertiary/aromatic N) is 4. The summed E-state index contributed by atoms with van der Waals surface area (Å²) in [5, 5.41) is 1.15. The first-order chi connectivity index (χ1) is 17.0. The number of amides is 1. The van der Waals surface area contributed by atoms with Gasteiger partial charge in [-0.15, -0.1) is 11.3 Å². The number of anilines is 1. The molecule has 0 N–H and O–H groups in total. The predicted octanol–water partition coefficient (Wildman–Crippen LogP) is 5.06. The van der Waals surface area contributed by atoms with Gasteiger partial charge in [0, 0.05) is 37.5 Å². The summed E-state index contributed by atoms with van der Waals surface area (Å²) in [5.41, 5.74) is 3.15. The minimum atomic E-state index is 0.0149. The predicted molar refractivity (Wildman–Crippen MR) is 142 cm³/mol. The van der Waals surface area contributed by atoms with E-state index >= 15 is 0 Å². The summed E-state index contributed by atoms with van der Waals surface area (Å²) >= 11 is 1.74. The maximum absolute atomic E-state index is 13.2. The van der Waals surface area contributed by atoms with E-state index in [0.29, 0.717) is 24.4 Å². The van der Waals surface area contributed by atoms with E-state index < -0.39 is 0 Å². The van der Waals surface area contributed by atoms with Crippen LogP contribution in [0.4, 0.5) is 5.82 Å². The van der Waals surface area contributed by atoms with Crippen LogP contribution in [0.15, 0.2) is 54.6 Å². The number of piperazine rings is 1. The first-order valence-corrected chi connectivity index (χ1v) is 12.8. The van der Waals surface area contributed by atoms with Crippen molar-refractivity contribution >= 4 is 33.3 Å². The Morgan fingerprint density at radius 2 is 1.66 bits per heavy atom. The lowest BCUT2D eigenvalue weighted by Gasteiger charge is -2.36. The van der Waals surface area contributed by atoms with Crippen molar-refractivity contribution < 1.29 is 9.53 Å². The number of hydrogen-bond donors (Lipinski definition) is 0. The maximum Gasteiger partial charge on any atom is 0.257 e. The van der Waals surface area contributed by atoms with Gasteiger partial charge in [-0.05, 0) is 43.5 Å². The highest BCUT2D eigenvalue weighted by Gasteiger charge is 2.27. The second kappa shape index (κ2) is 10.0. The quantitative estimate of drug-likeness (QED) is 0.381. The van der Waals surface area contributed by atoms with Crippen LogP contribution in [0, 0.1) is 13.8 Å². The van der Waals surface area contributed by atoms with Gasteiger partial charge in [0.25, 0.3) is 5.91 Å². The van der Waals surface area contributed by atoms with E-state index in [1.165, 1.54) is 16.0 Å². The number of ether oxygens (including phenoxy) is 1. The van der Waals surface area contributed by atoms with Gasteiger partial charge in [-0.2, -0.15) is 0 Å². The average molecular weight is 487 g/mol. The lowest BCUT2D eigenvalue weighted by Crippen LogP contribution is -2.49. The highest BCUT2D eigenvalue weighted by atomic mass is 32.1. The molecule has 3 heterocycles. The molecule has 2 aromatic heterocycles. The maximum atomic E-state index is 13.2. The van der Waals surface area contributed by atoms with Crippen molar-refractivity contribution in [3.05, 3.63) is 82.0 Å². The Hall–Kier alpha value is -3.45. The summed E-state index contributed by atoms with van der Waals surface area (Å²) in [6.45, 7) is 7.07. The van der Waals surface area contributed by atoms with Crippen molar-refractivity contribution in [2.24, 2.45) is 0 Å². The van der Waals surface area contributed by atoms with Crippen LogP contribution in [-0.2, 0) is 12.8 Å². The standard InChI is InChI=1S/C28H30N4O2S/c1-19-20(2)35-27-25(19)26(29-24(30-27)14-13-21-9-5-4-6-10-21)31-15-17-32(18-16-31)28(33)22-11-7-8-12-23(22)34-3/h4-12H,13-18H2,1-3H3. The van der Waals surface area contributed by atoms with Gasteiger partial charge in [-0.25, -0.2) is 9.97 Å². The molecule has 2 aromatic carbocycles. The minimum absolute atomic E-state index is 0.0149. The molecule has 1 amide bonds. The van der Waals surface area contributed by atoms with E-state index in [-0.39, 0.29) is 5.91 Å². The number of aromatic nitrogens is 2. The third-order valence-electron chi connectivity index (χ3n) is 6.74. The number of hydrogen-bond acceptors (Lipinski definition) is 6. The Labute approximate surface area is 210 Å². The zero-order chi connectivity index (χ0) is 24.4. The van der Waals surface area contributed by atoms with E-state index in [0.717, 1.165) is 47.8 Å². The number of carbonyl (C=O) groups is 1. The number of methoxy groups -OCH3 is 1. The lowest BCUT2D eigenvalue weighted by atomic mass is 10.1. The summed E-state index contributed by atoms with van der Waals surface area (Å²) in [5.74, 6) is 2.51. The Kier molecular flexibility index (Phi) is 6.68. The normalized spacial score (nSPS) is 13.9. The molecular weight excluding hydrogens is 456 g/mol. The molecule has 1 saturated heterocycles. The van der Waals surface area contributed by atoms with Gasteiger partial charge < -0.3 is 14.5 Å². The van der Waals surface area contributed by atoms with Crippen LogP contribution >= 0.6 is 11.3 Å². The average Bonchev–Trinajstić information content (AvgIpc) is 3.20. The van der Waals surface area contributed by atoms with Crippen molar-refractivity contribution in [2.45, 2.75) is 26.7 Å². The Morgan fingerprint density at radius 1 is 0.943 bits per heavy atom. The molecule has 0 spiro atoms. The van der Waals surface area contributed by atoms with Crippen LogP contribution in [0.3, 0.4) is 0 Å². The summed E-state index contributed by atoms with van der Waals surface area (Å²) in [6.07, 6.45) is 1.71. The molecule has 1 aliphatic heterocycles. The fourth-order valence-corrected chi connectivity index (χ4v) is 5.67. The molecule has 0 unspecified atom stereocenters. The van der Waals surface area contributed by atoms with Gasteiger partial charge >= 0.3 is 0 Å². The van der Waals surface area contributed by atoms with Gasteiger partial charge in [0.15, 0.2) is 0 Å². The smallest absolute Gasteiger partial charge is 0.257 e. The molecule has 0 atom stereocenters. The summed E-state index contributed by atoms with van der Waals surface area (Å²) in [7, 11) is 1.60. The van der Waals surface area contributed by atoms with Gasteiger partial charge in [0.2, 0.25) is 0 Å². The number of rotatable bonds is 6. The minimum Gasteiger partial charge on any atom is -0.496 e. The van der Waals surface area contributed by atoms with Gasteiger partial charge in [0.1, 0.15) is 22.2 Å². The second-order valence-corrected chi connectivity index (χ2v) is 10.1. The van der Waals surface area contributed by atoms with Crippen LogP contribution in [-0.4, -0.2) is 54.1 Å². The molecule has 0 bridgehead atoms. The largest absolute Gasteiger partial charge is 0.496 e. The first-order valence-electron chi connectivity index (χ1n) is 12.0. The van der Waals surface area contributed by atoms with Crippen molar-refractivity contribution in [3.8, 4) is 5.75 Å². The molecule has 180 valence electrons. The molecule has 0 saturated carbocycles. The highest BCUT2D eigenvalue weighted by molar-refractivity contribution is 7.18. The van der Waals surface area contributed by atoms with Gasteiger partial charge in [-0.3, -0.25) is 4.79 Å². The molecule has 4 aromatic rings. The lowest BCUT2D eigenvalue weighted by molar-refractivity contribution is 0.0743. The molecule has 0 radical (unpaired) electrons. The molecule has 1 aliphatic rings. The number of aryl methyl sites for hydroxylation is 4. The van der Waals surface area contributed by atoms with Crippen molar-refractivity contribution in [1.29, 1.82) is 0 Å². The zero-order valence-corrected chi connectivity index (χ0v) is 21.3. The Balaban J connectivity index is 1.37. The number of carbonyl (C=O) groups excluding carboxylic acids is 1. The van der Waals surface area contributed by atoms with Crippen LogP contribution in [0.5, 0.6) is 5.75 Å². The van der Waals surface area contributed by atoms with Crippen LogP contribution in [0.1, 0.15) is 32.2 Å². The van der Waals surface area contributed by atoms with Crippen molar-refractivity contribution in [2.75, 3.05) is 38.2 Å². The first kappa shape index (κ1) is 23.3. The van der Waals surface area contributed by atoms with Gasteiger partial charge in [0.05, 0.1) is 18.1 Å². The number of fused-ring (bicyclic) bond motifs is 1. The SMILES string of the molecule is COc1ccccc1C(=O)N1CCN(c2nc(CCc3ccccc3)nc3sc(C)c(C)c23)CC1. The van der Waals surface area contributed by atoms with E-state index in [1.54, 1.807) is 18.4 Å². The summed E-state index contributed by atoms with van der Waals surface area (Å²) in [4.78, 5) is 29.7. The molecule has 5 rings (SSSR count). The molecule has 6 nitrogen and oxygen atoms in total. The third kappa shape index (κ3) is 4.73.